The molecule has 1 N–H and O–H groups in total. The fraction of sp³-hybridized carbons (Fsp3) is 0.565. The van der Waals surface area contributed by atoms with Crippen molar-refractivity contribution in [2.24, 2.45) is 22.7 Å². The Balaban J connectivity index is 1.22. The fourth-order valence-electron chi connectivity index (χ4n) is 5.42. The Bertz CT molecular complexity index is 1070. The molecule has 2 amide bonds. The van der Waals surface area contributed by atoms with Gasteiger partial charge in [-0.2, -0.15) is 0 Å². The van der Waals surface area contributed by atoms with Crippen LogP contribution in [0.15, 0.2) is 41.2 Å². The number of aromatic nitrogens is 3. The van der Waals surface area contributed by atoms with Gasteiger partial charge in [-0.3, -0.25) is 14.4 Å². The number of Topliss-reactive ketones (excluding diaryl/α,β-unsaturated/α-hetero) is 1. The van der Waals surface area contributed by atoms with E-state index in [2.05, 4.69) is 27.5 Å². The number of halogens is 1. The van der Waals surface area contributed by atoms with Crippen molar-refractivity contribution in [1.82, 2.24) is 30.1 Å². The summed E-state index contributed by atoms with van der Waals surface area (Å²) in [5, 5.41) is 10.6. The molecular formula is C23H28FN7O3. The molecule has 1 aromatic rings. The summed E-state index contributed by atoms with van der Waals surface area (Å²) in [5.74, 6) is -2.00. The molecule has 1 saturated heterocycles. The van der Waals surface area contributed by atoms with E-state index in [0.717, 1.165) is 25.5 Å². The Hall–Kier alpha value is -3.37. The van der Waals surface area contributed by atoms with Crippen molar-refractivity contribution in [2.45, 2.75) is 38.6 Å². The van der Waals surface area contributed by atoms with Crippen LogP contribution < -0.4 is 5.32 Å². The van der Waals surface area contributed by atoms with Crippen molar-refractivity contribution < 1.29 is 18.8 Å². The lowest BCUT2D eigenvalue weighted by Crippen LogP contribution is -2.54. The summed E-state index contributed by atoms with van der Waals surface area (Å²) in [6, 6.07) is -0.662. The molecule has 0 aromatic carbocycles. The van der Waals surface area contributed by atoms with Crippen LogP contribution in [0.25, 0.3) is 0 Å². The largest absolute Gasteiger partial charge is 0.380 e. The van der Waals surface area contributed by atoms with Gasteiger partial charge in [-0.25, -0.2) is 14.1 Å². The first-order chi connectivity index (χ1) is 16.5. The minimum atomic E-state index is -0.955. The van der Waals surface area contributed by atoms with Crippen molar-refractivity contribution in [2.75, 3.05) is 26.2 Å². The normalized spacial score (nSPS) is 28.9. The van der Waals surface area contributed by atoms with Crippen molar-refractivity contribution >= 4 is 23.4 Å². The number of hydrogen-bond donors (Lipinski definition) is 1. The lowest BCUT2D eigenvalue weighted by atomic mass is 9.79. The van der Waals surface area contributed by atoms with Gasteiger partial charge in [0.15, 0.2) is 5.84 Å². The summed E-state index contributed by atoms with van der Waals surface area (Å²) in [6.45, 7) is 3.52. The maximum Gasteiger partial charge on any atom is 0.294 e. The average molecular weight is 470 g/mol. The molecule has 4 aliphatic rings. The number of carbonyl (C=O) groups excluding carboxylic acids is 3. The summed E-state index contributed by atoms with van der Waals surface area (Å²) < 4.78 is 16.1. The Morgan fingerprint density at radius 2 is 1.82 bits per heavy atom. The van der Waals surface area contributed by atoms with Gasteiger partial charge < -0.3 is 15.1 Å². The number of hydrogen-bond acceptors (Lipinski definition) is 7. The number of nitrogens with one attached hydrogen (secondary N) is 1. The molecule has 3 aliphatic heterocycles. The zero-order valence-corrected chi connectivity index (χ0v) is 19.1. The van der Waals surface area contributed by atoms with Crippen LogP contribution in [0.2, 0.25) is 0 Å². The van der Waals surface area contributed by atoms with Crippen LogP contribution in [-0.4, -0.2) is 80.4 Å². The van der Waals surface area contributed by atoms with Gasteiger partial charge in [0.1, 0.15) is 5.83 Å². The zero-order chi connectivity index (χ0) is 23.8. The van der Waals surface area contributed by atoms with Crippen molar-refractivity contribution in [1.29, 1.82) is 0 Å². The molecule has 11 heteroatoms. The molecule has 4 heterocycles. The topological polar surface area (TPSA) is 113 Å². The molecule has 1 saturated carbocycles. The van der Waals surface area contributed by atoms with Crippen LogP contribution >= 0.6 is 0 Å². The van der Waals surface area contributed by atoms with Gasteiger partial charge in [0.2, 0.25) is 11.7 Å². The maximum absolute atomic E-state index is 14.7. The van der Waals surface area contributed by atoms with E-state index in [9.17, 15) is 18.8 Å². The van der Waals surface area contributed by atoms with E-state index in [1.165, 1.54) is 28.4 Å². The van der Waals surface area contributed by atoms with Gasteiger partial charge in [-0.05, 0) is 18.8 Å². The second kappa shape index (κ2) is 9.11. The summed E-state index contributed by atoms with van der Waals surface area (Å²) in [6.07, 6.45) is 9.73. The molecule has 34 heavy (non-hydrogen) atoms. The highest BCUT2D eigenvalue weighted by molar-refractivity contribution is 6.43. The van der Waals surface area contributed by atoms with Crippen molar-refractivity contribution in [3.63, 3.8) is 0 Å². The predicted octanol–water partition coefficient (Wildman–Crippen LogP) is 0.887. The number of carbonyl (C=O) groups is 3. The van der Waals surface area contributed by atoms with Crippen LogP contribution in [0.5, 0.6) is 0 Å². The lowest BCUT2D eigenvalue weighted by Gasteiger charge is -2.38. The number of ketones is 1. The van der Waals surface area contributed by atoms with E-state index in [0.29, 0.717) is 24.8 Å². The molecule has 4 atom stereocenters. The minimum Gasteiger partial charge on any atom is -0.380 e. The fourth-order valence-corrected chi connectivity index (χ4v) is 5.42. The zero-order valence-electron chi connectivity index (χ0n) is 19.1. The highest BCUT2D eigenvalue weighted by Gasteiger charge is 2.45. The Kier molecular flexibility index (Phi) is 6.01. The van der Waals surface area contributed by atoms with Gasteiger partial charge in [0.05, 0.1) is 30.6 Å². The quantitative estimate of drug-likeness (QED) is 0.658. The summed E-state index contributed by atoms with van der Waals surface area (Å²) in [7, 11) is 0. The van der Waals surface area contributed by atoms with Crippen LogP contribution in [0.1, 0.15) is 32.6 Å². The standard InChI is InChI=1S/C23H28FN7O3/c1-14-4-2-3-5-15(14)22(33)29-8-10-30(11-9-29)23(34)20(32)16-12-25-19-18(16)17(24)13-26-21(19)31-7-6-27-28-31/h6-7,12-15,18-19,25H,2-5,8-11H2,1H3. The molecule has 4 unspecified atom stereocenters. The van der Waals surface area contributed by atoms with E-state index >= 15 is 0 Å². The van der Waals surface area contributed by atoms with Crippen molar-refractivity contribution in [3.05, 3.63) is 36.2 Å². The van der Waals surface area contributed by atoms with Gasteiger partial charge in [0, 0.05) is 43.9 Å². The molecule has 1 aromatic heterocycles. The third-order valence-corrected chi connectivity index (χ3v) is 7.40. The summed E-state index contributed by atoms with van der Waals surface area (Å²) >= 11 is 0. The first kappa shape index (κ1) is 22.4. The molecular weight excluding hydrogens is 441 g/mol. The molecule has 2 fully saturated rings. The van der Waals surface area contributed by atoms with Crippen LogP contribution in [0, 0.1) is 17.8 Å². The molecule has 1 aliphatic carbocycles. The number of aliphatic imine (C=N–C) groups is 1. The molecule has 0 spiro atoms. The molecule has 5 rings (SSSR count). The number of rotatable bonds is 3. The third-order valence-electron chi connectivity index (χ3n) is 7.40. The average Bonchev–Trinajstić information content (AvgIpc) is 3.55. The second-order valence-electron chi connectivity index (χ2n) is 9.39. The van der Waals surface area contributed by atoms with Gasteiger partial charge in [0.25, 0.3) is 5.91 Å². The van der Waals surface area contributed by atoms with E-state index in [4.69, 9.17) is 0 Å². The van der Waals surface area contributed by atoms with E-state index in [1.807, 2.05) is 4.90 Å². The van der Waals surface area contributed by atoms with Crippen LogP contribution in [-0.2, 0) is 14.4 Å². The molecule has 0 radical (unpaired) electrons. The van der Waals surface area contributed by atoms with Gasteiger partial charge >= 0.3 is 0 Å². The maximum atomic E-state index is 14.7. The van der Waals surface area contributed by atoms with E-state index in [-0.39, 0.29) is 30.5 Å². The number of fused-ring (bicyclic) bond motifs is 1. The van der Waals surface area contributed by atoms with Gasteiger partial charge in [-0.15, -0.1) is 5.10 Å². The first-order valence-electron chi connectivity index (χ1n) is 11.8. The van der Waals surface area contributed by atoms with Crippen molar-refractivity contribution in [3.8, 4) is 0 Å². The number of piperazine rings is 1. The smallest absolute Gasteiger partial charge is 0.294 e. The number of nitrogens with zero attached hydrogens (tertiary/aromatic N) is 6. The molecule has 180 valence electrons. The van der Waals surface area contributed by atoms with Crippen LogP contribution in [0.4, 0.5) is 4.39 Å². The SMILES string of the molecule is CC1CCCCC1C(=O)N1CCN(C(=O)C(=O)C2=CNC3C(n4ccnn4)=NC=C(F)C23)CC1. The second-order valence-corrected chi connectivity index (χ2v) is 9.39. The van der Waals surface area contributed by atoms with Gasteiger partial charge in [-0.1, -0.05) is 25.0 Å². The Morgan fingerprint density at radius 1 is 1.09 bits per heavy atom. The summed E-state index contributed by atoms with van der Waals surface area (Å²) in [5.41, 5.74) is 0.0609. The first-order valence-corrected chi connectivity index (χ1v) is 11.8. The highest BCUT2D eigenvalue weighted by Crippen LogP contribution is 2.34. The molecule has 0 bridgehead atoms. The van der Waals surface area contributed by atoms with E-state index < -0.39 is 29.5 Å². The Labute approximate surface area is 196 Å². The van der Waals surface area contributed by atoms with E-state index in [1.54, 1.807) is 6.20 Å². The third kappa shape index (κ3) is 3.92. The minimum absolute atomic E-state index is 0.0474. The molecule has 10 nitrogen and oxygen atoms in total. The number of amides is 2. The highest BCUT2D eigenvalue weighted by atomic mass is 19.1. The van der Waals surface area contributed by atoms with Crippen LogP contribution in [0.3, 0.4) is 0 Å². The monoisotopic (exact) mass is 469 g/mol. The Morgan fingerprint density at radius 3 is 2.53 bits per heavy atom. The lowest BCUT2D eigenvalue weighted by molar-refractivity contribution is -0.147. The summed E-state index contributed by atoms with van der Waals surface area (Å²) in [4.78, 5) is 46.4. The predicted molar refractivity (Wildman–Crippen MR) is 120 cm³/mol.